The maximum atomic E-state index is 15.4. The molecule has 0 radical (unpaired) electrons. The third kappa shape index (κ3) is 5.48. The van der Waals surface area contributed by atoms with Crippen LogP contribution in [0.5, 0.6) is 5.75 Å². The van der Waals surface area contributed by atoms with Crippen LogP contribution < -0.4 is 10.1 Å². The Kier molecular flexibility index (Phi) is 7.46. The average Bonchev–Trinajstić information content (AvgIpc) is 2.83. The van der Waals surface area contributed by atoms with Gasteiger partial charge in [0, 0.05) is 28.5 Å². The lowest BCUT2D eigenvalue weighted by molar-refractivity contribution is -0.122. The van der Waals surface area contributed by atoms with Crippen LogP contribution in [-0.4, -0.2) is 64.4 Å². The maximum absolute atomic E-state index is 15.4. The summed E-state index contributed by atoms with van der Waals surface area (Å²) in [7, 11) is -3.73. The van der Waals surface area contributed by atoms with Crippen LogP contribution in [0, 0.1) is 17.6 Å². The Bertz CT molecular complexity index is 1270. The van der Waals surface area contributed by atoms with Gasteiger partial charge in [-0.15, -0.1) is 0 Å². The number of rotatable bonds is 8. The van der Waals surface area contributed by atoms with Gasteiger partial charge in [-0.1, -0.05) is 23.7 Å². The van der Waals surface area contributed by atoms with Crippen LogP contribution in [0.15, 0.2) is 36.4 Å². The highest BCUT2D eigenvalue weighted by Gasteiger charge is 2.53. The summed E-state index contributed by atoms with van der Waals surface area (Å²) >= 11 is 6.06. The van der Waals surface area contributed by atoms with Gasteiger partial charge in [-0.3, -0.25) is 4.79 Å². The number of carbonyl (C=O) groups excluding carboxylic acids is 1. The van der Waals surface area contributed by atoms with Crippen molar-refractivity contribution in [1.29, 1.82) is 0 Å². The number of fused-ring (bicyclic) bond motifs is 3. The first-order chi connectivity index (χ1) is 17.7. The van der Waals surface area contributed by atoms with E-state index in [2.05, 4.69) is 5.32 Å². The number of ether oxygens (including phenoxy) is 3. The van der Waals surface area contributed by atoms with Crippen molar-refractivity contribution in [1.82, 2.24) is 5.32 Å². The van der Waals surface area contributed by atoms with Crippen LogP contribution in [0.2, 0.25) is 5.02 Å². The fraction of sp³-hybridized carbons (Fsp3) is 0.500. The molecular formula is C26H28ClF2NO6S. The van der Waals surface area contributed by atoms with E-state index >= 15 is 4.39 Å². The van der Waals surface area contributed by atoms with Crippen LogP contribution in [-0.2, 0) is 35.9 Å². The third-order valence-corrected chi connectivity index (χ3v) is 9.31. The summed E-state index contributed by atoms with van der Waals surface area (Å²) in [5.74, 6) is -3.22. The Balaban J connectivity index is 1.40. The molecule has 37 heavy (non-hydrogen) atoms. The molecule has 0 aromatic heterocycles. The summed E-state index contributed by atoms with van der Waals surface area (Å²) in [6, 6.07) is 9.18. The molecule has 0 saturated carbocycles. The quantitative estimate of drug-likeness (QED) is 0.538. The number of nitrogens with one attached hydrogen (secondary N) is 1. The fourth-order valence-electron chi connectivity index (χ4n) is 5.65. The minimum absolute atomic E-state index is 0.0494. The van der Waals surface area contributed by atoms with E-state index in [4.69, 9.17) is 25.8 Å². The SMILES string of the molecule is O=C(CS(=O)(=O)CC[C@@H]1OCC[C@@]2(Cc3ccc(Cl)cc3)c3c(F)ccc(F)c3OC[C@@H]12)NC1COC1. The van der Waals surface area contributed by atoms with E-state index in [1.54, 1.807) is 12.1 Å². The summed E-state index contributed by atoms with van der Waals surface area (Å²) in [6.45, 7) is 1.04. The first kappa shape index (κ1) is 26.3. The second-order valence-corrected chi connectivity index (χ2v) is 12.6. The first-order valence-corrected chi connectivity index (χ1v) is 14.4. The van der Waals surface area contributed by atoms with Crippen LogP contribution in [0.1, 0.15) is 24.0 Å². The first-order valence-electron chi connectivity index (χ1n) is 12.2. The second kappa shape index (κ2) is 10.5. The third-order valence-electron chi connectivity index (χ3n) is 7.50. The van der Waals surface area contributed by atoms with E-state index in [0.717, 1.165) is 17.7 Å². The second-order valence-electron chi connectivity index (χ2n) is 9.95. The molecule has 2 aromatic rings. The molecule has 3 aliphatic rings. The number of carbonyl (C=O) groups is 1. The standard InChI is InChI=1S/C26H28ClF2NO6S/c27-17-3-1-16(2-4-17)11-26-8-9-35-22(7-10-37(32,33)15-23(31)30-18-12-34-13-18)19(26)14-36-25-21(29)6-5-20(28)24(25)26/h1-6,18-19,22H,7-15H2,(H,30,31)/t19-,22-,26-/m0/s1. The van der Waals surface area contributed by atoms with Gasteiger partial charge < -0.3 is 19.5 Å². The minimum Gasteiger partial charge on any atom is -0.490 e. The molecule has 0 spiro atoms. The van der Waals surface area contributed by atoms with E-state index in [1.165, 1.54) is 0 Å². The van der Waals surface area contributed by atoms with Crippen molar-refractivity contribution in [3.8, 4) is 5.75 Å². The molecule has 1 N–H and O–H groups in total. The number of amides is 1. The van der Waals surface area contributed by atoms with E-state index in [0.29, 0.717) is 31.1 Å². The van der Waals surface area contributed by atoms with Gasteiger partial charge in [0.05, 0.1) is 37.7 Å². The summed E-state index contributed by atoms with van der Waals surface area (Å²) in [6.07, 6.45) is 0.302. The number of hydrogen-bond donors (Lipinski definition) is 1. The normalized spacial score (nSPS) is 25.4. The summed E-state index contributed by atoms with van der Waals surface area (Å²) in [4.78, 5) is 12.1. The maximum Gasteiger partial charge on any atom is 0.235 e. The van der Waals surface area contributed by atoms with Gasteiger partial charge in [-0.25, -0.2) is 17.2 Å². The molecule has 0 aliphatic carbocycles. The van der Waals surface area contributed by atoms with Crippen LogP contribution in [0.25, 0.3) is 0 Å². The van der Waals surface area contributed by atoms with Gasteiger partial charge >= 0.3 is 0 Å². The molecule has 5 rings (SSSR count). The van der Waals surface area contributed by atoms with E-state index in [1.807, 2.05) is 12.1 Å². The molecule has 1 amide bonds. The van der Waals surface area contributed by atoms with Gasteiger partial charge in [0.25, 0.3) is 0 Å². The molecule has 3 atom stereocenters. The highest BCUT2D eigenvalue weighted by molar-refractivity contribution is 7.92. The van der Waals surface area contributed by atoms with Gasteiger partial charge in [-0.05, 0) is 49.1 Å². The topological polar surface area (TPSA) is 90.9 Å². The Morgan fingerprint density at radius 2 is 1.81 bits per heavy atom. The highest BCUT2D eigenvalue weighted by atomic mass is 35.5. The van der Waals surface area contributed by atoms with Crippen molar-refractivity contribution >= 4 is 27.3 Å². The molecule has 0 unspecified atom stereocenters. The minimum atomic E-state index is -3.73. The highest BCUT2D eigenvalue weighted by Crippen LogP contribution is 2.52. The average molecular weight is 556 g/mol. The molecule has 11 heteroatoms. The largest absolute Gasteiger partial charge is 0.490 e. The molecule has 2 aromatic carbocycles. The zero-order valence-electron chi connectivity index (χ0n) is 20.1. The Labute approximate surface area is 219 Å². The van der Waals surface area contributed by atoms with Crippen molar-refractivity contribution < 1.29 is 36.2 Å². The Hall–Kier alpha value is -2.27. The predicted molar refractivity (Wildman–Crippen MR) is 133 cm³/mol. The Morgan fingerprint density at radius 1 is 1.08 bits per heavy atom. The van der Waals surface area contributed by atoms with Crippen LogP contribution in [0.3, 0.4) is 0 Å². The van der Waals surface area contributed by atoms with Crippen LogP contribution >= 0.6 is 11.6 Å². The lowest BCUT2D eigenvalue weighted by Gasteiger charge is -2.51. The number of halogens is 3. The number of benzene rings is 2. The molecule has 7 nitrogen and oxygen atoms in total. The summed E-state index contributed by atoms with van der Waals surface area (Å²) in [5.41, 5.74) is 0.176. The van der Waals surface area contributed by atoms with Gasteiger partial charge in [0.15, 0.2) is 21.4 Å². The fourth-order valence-corrected chi connectivity index (χ4v) is 7.00. The molecule has 3 aliphatic heterocycles. The number of hydrogen-bond acceptors (Lipinski definition) is 6. The monoisotopic (exact) mass is 555 g/mol. The van der Waals surface area contributed by atoms with Crippen molar-refractivity contribution in [2.45, 2.75) is 36.8 Å². The van der Waals surface area contributed by atoms with Crippen molar-refractivity contribution in [2.24, 2.45) is 5.92 Å². The lowest BCUT2D eigenvalue weighted by atomic mass is 9.60. The van der Waals surface area contributed by atoms with Crippen molar-refractivity contribution in [3.05, 3.63) is 64.2 Å². The van der Waals surface area contributed by atoms with Crippen LogP contribution in [0.4, 0.5) is 8.78 Å². The predicted octanol–water partition coefficient (Wildman–Crippen LogP) is 3.22. The Morgan fingerprint density at radius 3 is 2.51 bits per heavy atom. The van der Waals surface area contributed by atoms with Crippen molar-refractivity contribution in [2.75, 3.05) is 37.9 Å². The molecule has 2 saturated heterocycles. The van der Waals surface area contributed by atoms with E-state index in [9.17, 15) is 17.6 Å². The molecule has 0 bridgehead atoms. The lowest BCUT2D eigenvalue weighted by Crippen LogP contribution is -2.55. The van der Waals surface area contributed by atoms with Crippen molar-refractivity contribution in [3.63, 3.8) is 0 Å². The number of sulfone groups is 1. The summed E-state index contributed by atoms with van der Waals surface area (Å²) in [5, 5.41) is 3.20. The van der Waals surface area contributed by atoms with E-state index in [-0.39, 0.29) is 42.7 Å². The van der Waals surface area contributed by atoms with Gasteiger partial charge in [0.1, 0.15) is 11.6 Å². The van der Waals surface area contributed by atoms with Gasteiger partial charge in [-0.2, -0.15) is 0 Å². The molecule has 200 valence electrons. The van der Waals surface area contributed by atoms with E-state index < -0.39 is 50.6 Å². The van der Waals surface area contributed by atoms with Gasteiger partial charge in [0.2, 0.25) is 5.91 Å². The zero-order chi connectivity index (χ0) is 26.2. The molecular weight excluding hydrogens is 528 g/mol. The molecule has 3 heterocycles. The summed E-state index contributed by atoms with van der Waals surface area (Å²) < 4.78 is 72.3. The molecule has 2 fully saturated rings. The smallest absolute Gasteiger partial charge is 0.235 e. The zero-order valence-corrected chi connectivity index (χ0v) is 21.6.